The predicted octanol–water partition coefficient (Wildman–Crippen LogP) is 2.77. The fraction of sp³-hybridized carbons (Fsp3) is 0.722. The molecule has 0 radical (unpaired) electrons. The first-order valence-corrected chi connectivity index (χ1v) is 8.81. The average Bonchev–Trinajstić information content (AvgIpc) is 2.55. The van der Waals surface area contributed by atoms with Gasteiger partial charge in [-0.15, -0.1) is 0 Å². The largest absolute Gasteiger partial charge is 0.354 e. The van der Waals surface area contributed by atoms with Gasteiger partial charge in [-0.2, -0.15) is 0 Å². The van der Waals surface area contributed by atoms with Gasteiger partial charge in [0.15, 0.2) is 0 Å². The van der Waals surface area contributed by atoms with E-state index >= 15 is 0 Å². The van der Waals surface area contributed by atoms with E-state index in [1.807, 2.05) is 6.20 Å². The van der Waals surface area contributed by atoms with E-state index in [0.29, 0.717) is 12.1 Å². The third-order valence-corrected chi connectivity index (χ3v) is 5.19. The Morgan fingerprint density at radius 3 is 2.59 bits per heavy atom. The van der Waals surface area contributed by atoms with Crippen LogP contribution in [0.1, 0.15) is 44.7 Å². The van der Waals surface area contributed by atoms with E-state index in [2.05, 4.69) is 47.7 Å². The minimum Gasteiger partial charge on any atom is -0.354 e. The standard InChI is InChI=1S/C18H30N4/c1-15(2)22-10-5-4-8-17(22)16-7-6-9-19-18(16)21-13-11-20(3)12-14-21/h6-7,9,15,17H,4-5,8,10-14H2,1-3H3/t17-/m0/s1. The van der Waals surface area contributed by atoms with Gasteiger partial charge in [0.05, 0.1) is 0 Å². The van der Waals surface area contributed by atoms with Crippen LogP contribution in [0.4, 0.5) is 5.82 Å². The Kier molecular flexibility index (Phi) is 4.99. The topological polar surface area (TPSA) is 22.6 Å². The van der Waals surface area contributed by atoms with E-state index < -0.39 is 0 Å². The zero-order valence-corrected chi connectivity index (χ0v) is 14.3. The number of piperidine rings is 1. The van der Waals surface area contributed by atoms with E-state index in [-0.39, 0.29) is 0 Å². The van der Waals surface area contributed by atoms with Crippen molar-refractivity contribution in [1.82, 2.24) is 14.8 Å². The maximum Gasteiger partial charge on any atom is 0.133 e. The highest BCUT2D eigenvalue weighted by molar-refractivity contribution is 5.49. The van der Waals surface area contributed by atoms with Gasteiger partial charge >= 0.3 is 0 Å². The van der Waals surface area contributed by atoms with Gasteiger partial charge in [0.25, 0.3) is 0 Å². The summed E-state index contributed by atoms with van der Waals surface area (Å²) in [5.41, 5.74) is 1.44. The van der Waals surface area contributed by atoms with Gasteiger partial charge in [0, 0.05) is 50.0 Å². The molecule has 2 fully saturated rings. The molecule has 122 valence electrons. The number of aromatic nitrogens is 1. The molecule has 1 aromatic heterocycles. The normalized spacial score (nSPS) is 24.9. The van der Waals surface area contributed by atoms with Gasteiger partial charge in [-0.1, -0.05) is 12.5 Å². The molecular weight excluding hydrogens is 272 g/mol. The molecule has 1 aromatic rings. The lowest BCUT2D eigenvalue weighted by Crippen LogP contribution is -2.46. The Balaban J connectivity index is 1.86. The lowest BCUT2D eigenvalue weighted by molar-refractivity contribution is 0.112. The number of likely N-dealkylation sites (N-methyl/N-ethyl adjacent to an activating group) is 1. The van der Waals surface area contributed by atoms with E-state index in [1.165, 1.54) is 37.2 Å². The van der Waals surface area contributed by atoms with E-state index in [1.54, 1.807) is 0 Å². The molecule has 0 amide bonds. The lowest BCUT2D eigenvalue weighted by atomic mass is 9.94. The SMILES string of the molecule is CC(C)N1CCCC[C@H]1c1cccnc1N1CCN(C)CC1. The minimum absolute atomic E-state index is 0.539. The minimum atomic E-state index is 0.539. The molecule has 0 bridgehead atoms. The first-order chi connectivity index (χ1) is 10.7. The Morgan fingerprint density at radius 1 is 1.09 bits per heavy atom. The second kappa shape index (κ2) is 6.97. The summed E-state index contributed by atoms with van der Waals surface area (Å²) in [7, 11) is 2.21. The Labute approximate surface area is 135 Å². The summed E-state index contributed by atoms with van der Waals surface area (Å²) in [6, 6.07) is 5.57. The van der Waals surface area contributed by atoms with Gasteiger partial charge in [-0.05, 0) is 46.3 Å². The zero-order valence-electron chi connectivity index (χ0n) is 14.3. The molecule has 4 heteroatoms. The van der Waals surface area contributed by atoms with Crippen LogP contribution in [0.15, 0.2) is 18.3 Å². The van der Waals surface area contributed by atoms with Crippen molar-refractivity contribution in [3.63, 3.8) is 0 Å². The maximum absolute atomic E-state index is 4.78. The van der Waals surface area contributed by atoms with Gasteiger partial charge < -0.3 is 9.80 Å². The Hall–Kier alpha value is -1.13. The molecule has 2 saturated heterocycles. The molecule has 22 heavy (non-hydrogen) atoms. The number of hydrogen-bond donors (Lipinski definition) is 0. The predicted molar refractivity (Wildman–Crippen MR) is 92.4 cm³/mol. The Morgan fingerprint density at radius 2 is 1.86 bits per heavy atom. The Bertz CT molecular complexity index is 480. The van der Waals surface area contributed by atoms with Gasteiger partial charge in [0.2, 0.25) is 0 Å². The highest BCUT2D eigenvalue weighted by Gasteiger charge is 2.29. The molecule has 0 N–H and O–H groups in total. The number of rotatable bonds is 3. The summed E-state index contributed by atoms with van der Waals surface area (Å²) in [6.45, 7) is 10.3. The molecule has 2 aliphatic rings. The summed E-state index contributed by atoms with van der Waals surface area (Å²) in [5, 5.41) is 0. The maximum atomic E-state index is 4.78. The van der Waals surface area contributed by atoms with Gasteiger partial charge in [0.1, 0.15) is 5.82 Å². The molecule has 2 aliphatic heterocycles. The third-order valence-electron chi connectivity index (χ3n) is 5.19. The van der Waals surface area contributed by atoms with Crippen LogP contribution in [0.3, 0.4) is 0 Å². The van der Waals surface area contributed by atoms with Crippen LogP contribution in [0.2, 0.25) is 0 Å². The molecule has 0 spiro atoms. The molecular formula is C18H30N4. The van der Waals surface area contributed by atoms with Crippen molar-refractivity contribution in [2.24, 2.45) is 0 Å². The zero-order chi connectivity index (χ0) is 15.5. The molecule has 1 atom stereocenters. The van der Waals surface area contributed by atoms with Crippen LogP contribution in [0.5, 0.6) is 0 Å². The molecule has 0 aliphatic carbocycles. The monoisotopic (exact) mass is 302 g/mol. The van der Waals surface area contributed by atoms with Gasteiger partial charge in [-0.25, -0.2) is 4.98 Å². The quantitative estimate of drug-likeness (QED) is 0.856. The molecule has 3 heterocycles. The van der Waals surface area contributed by atoms with Crippen LogP contribution in [0, 0.1) is 0 Å². The summed E-state index contributed by atoms with van der Waals surface area (Å²) < 4.78 is 0. The van der Waals surface area contributed by atoms with Crippen molar-refractivity contribution in [2.45, 2.75) is 45.2 Å². The van der Waals surface area contributed by atoms with Crippen LogP contribution in [0.25, 0.3) is 0 Å². The first-order valence-electron chi connectivity index (χ1n) is 8.81. The second-order valence-corrected chi connectivity index (χ2v) is 7.05. The van der Waals surface area contributed by atoms with Gasteiger partial charge in [-0.3, -0.25) is 4.90 Å². The number of pyridine rings is 1. The molecule has 0 aromatic carbocycles. The van der Waals surface area contributed by atoms with Crippen molar-refractivity contribution in [3.05, 3.63) is 23.9 Å². The lowest BCUT2D eigenvalue weighted by Gasteiger charge is -2.41. The number of anilines is 1. The molecule has 0 saturated carbocycles. The van der Waals surface area contributed by atoms with Crippen molar-refractivity contribution in [3.8, 4) is 0 Å². The third kappa shape index (κ3) is 3.28. The van der Waals surface area contributed by atoms with Crippen LogP contribution >= 0.6 is 0 Å². The summed E-state index contributed by atoms with van der Waals surface area (Å²) in [5.74, 6) is 1.23. The van der Waals surface area contributed by atoms with E-state index in [9.17, 15) is 0 Å². The molecule has 0 unspecified atom stereocenters. The summed E-state index contributed by atoms with van der Waals surface area (Å²) >= 11 is 0. The molecule has 3 rings (SSSR count). The van der Waals surface area contributed by atoms with Crippen molar-refractivity contribution in [1.29, 1.82) is 0 Å². The van der Waals surface area contributed by atoms with E-state index in [4.69, 9.17) is 4.98 Å². The van der Waals surface area contributed by atoms with Crippen molar-refractivity contribution < 1.29 is 0 Å². The summed E-state index contributed by atoms with van der Waals surface area (Å²) in [6.07, 6.45) is 5.90. The number of piperazine rings is 1. The second-order valence-electron chi connectivity index (χ2n) is 7.05. The first kappa shape index (κ1) is 15.8. The number of hydrogen-bond acceptors (Lipinski definition) is 4. The highest BCUT2D eigenvalue weighted by Crippen LogP contribution is 2.36. The van der Waals surface area contributed by atoms with Crippen LogP contribution in [-0.2, 0) is 0 Å². The smallest absolute Gasteiger partial charge is 0.133 e. The van der Waals surface area contributed by atoms with Crippen LogP contribution < -0.4 is 4.90 Å². The fourth-order valence-corrected chi connectivity index (χ4v) is 3.86. The number of nitrogens with zero attached hydrogens (tertiary/aromatic N) is 4. The van der Waals surface area contributed by atoms with Crippen molar-refractivity contribution >= 4 is 5.82 Å². The van der Waals surface area contributed by atoms with E-state index in [0.717, 1.165) is 26.2 Å². The number of likely N-dealkylation sites (tertiary alicyclic amines) is 1. The van der Waals surface area contributed by atoms with Crippen LogP contribution in [-0.4, -0.2) is 60.6 Å². The average molecular weight is 302 g/mol. The highest BCUT2D eigenvalue weighted by atomic mass is 15.3. The van der Waals surface area contributed by atoms with Crippen molar-refractivity contribution in [2.75, 3.05) is 44.7 Å². The fourth-order valence-electron chi connectivity index (χ4n) is 3.86. The molecule has 4 nitrogen and oxygen atoms in total. The summed E-state index contributed by atoms with van der Waals surface area (Å²) in [4.78, 5) is 12.3.